The number of methoxy groups -OCH3 is 1. The van der Waals surface area contributed by atoms with Gasteiger partial charge in [0.25, 0.3) is 0 Å². The molecule has 0 saturated heterocycles. The standard InChI is InChI=1S/C16H24FNO2/c1-4-5-6-7-12(2)18-11-13-8-9-14(15(17)10-13)16(19)20-3/h8-10,12,18H,4-7,11H2,1-3H3. The van der Waals surface area contributed by atoms with Gasteiger partial charge in [0, 0.05) is 12.6 Å². The van der Waals surface area contributed by atoms with Crippen molar-refractivity contribution in [1.82, 2.24) is 5.32 Å². The van der Waals surface area contributed by atoms with Gasteiger partial charge in [0.05, 0.1) is 12.7 Å². The highest BCUT2D eigenvalue weighted by Gasteiger charge is 2.12. The summed E-state index contributed by atoms with van der Waals surface area (Å²) in [5.74, 6) is -1.18. The molecule has 0 bridgehead atoms. The zero-order valence-corrected chi connectivity index (χ0v) is 12.5. The van der Waals surface area contributed by atoms with E-state index in [-0.39, 0.29) is 5.56 Å². The van der Waals surface area contributed by atoms with Crippen LogP contribution in [0, 0.1) is 5.82 Å². The van der Waals surface area contributed by atoms with Gasteiger partial charge >= 0.3 is 5.97 Å². The lowest BCUT2D eigenvalue weighted by Crippen LogP contribution is -2.25. The van der Waals surface area contributed by atoms with Gasteiger partial charge < -0.3 is 10.1 Å². The Hall–Kier alpha value is -1.42. The quantitative estimate of drug-likeness (QED) is 0.583. The van der Waals surface area contributed by atoms with Crippen molar-refractivity contribution >= 4 is 5.97 Å². The molecular weight excluding hydrogens is 257 g/mol. The van der Waals surface area contributed by atoms with Gasteiger partial charge in [-0.25, -0.2) is 9.18 Å². The van der Waals surface area contributed by atoms with Crippen molar-refractivity contribution in [3.05, 3.63) is 35.1 Å². The summed E-state index contributed by atoms with van der Waals surface area (Å²) >= 11 is 0. The molecule has 0 radical (unpaired) electrons. The lowest BCUT2D eigenvalue weighted by atomic mass is 10.1. The predicted octanol–water partition coefficient (Wildman–Crippen LogP) is 3.67. The molecule has 1 aromatic carbocycles. The molecule has 1 atom stereocenters. The topological polar surface area (TPSA) is 38.3 Å². The molecule has 1 N–H and O–H groups in total. The number of ether oxygens (including phenoxy) is 1. The summed E-state index contributed by atoms with van der Waals surface area (Å²) in [6.45, 7) is 4.92. The maximum Gasteiger partial charge on any atom is 0.340 e. The molecule has 0 aliphatic carbocycles. The van der Waals surface area contributed by atoms with Crippen LogP contribution in [-0.4, -0.2) is 19.1 Å². The zero-order valence-electron chi connectivity index (χ0n) is 12.5. The smallest absolute Gasteiger partial charge is 0.340 e. The molecule has 1 aromatic rings. The Morgan fingerprint density at radius 2 is 2.15 bits per heavy atom. The highest BCUT2D eigenvalue weighted by molar-refractivity contribution is 5.89. The van der Waals surface area contributed by atoms with Crippen molar-refractivity contribution < 1.29 is 13.9 Å². The molecular formula is C16H24FNO2. The number of benzene rings is 1. The second-order valence-corrected chi connectivity index (χ2v) is 5.08. The van der Waals surface area contributed by atoms with Crippen molar-refractivity contribution in [2.45, 2.75) is 52.1 Å². The van der Waals surface area contributed by atoms with Crippen molar-refractivity contribution in [2.75, 3.05) is 7.11 Å². The van der Waals surface area contributed by atoms with Gasteiger partial charge in [-0.3, -0.25) is 0 Å². The molecule has 0 fully saturated rings. The Bertz CT molecular complexity index is 434. The minimum Gasteiger partial charge on any atom is -0.465 e. The van der Waals surface area contributed by atoms with E-state index in [1.165, 1.54) is 38.5 Å². The summed E-state index contributed by atoms with van der Waals surface area (Å²) < 4.78 is 18.2. The van der Waals surface area contributed by atoms with Crippen LogP contribution in [0.2, 0.25) is 0 Å². The van der Waals surface area contributed by atoms with E-state index in [2.05, 4.69) is 23.9 Å². The van der Waals surface area contributed by atoms with E-state index in [0.29, 0.717) is 12.6 Å². The van der Waals surface area contributed by atoms with Crippen LogP contribution in [0.5, 0.6) is 0 Å². The molecule has 0 amide bonds. The Kier molecular flexibility index (Phi) is 7.23. The highest BCUT2D eigenvalue weighted by Crippen LogP contribution is 2.12. The number of hydrogen-bond donors (Lipinski definition) is 1. The van der Waals surface area contributed by atoms with Crippen molar-refractivity contribution in [1.29, 1.82) is 0 Å². The predicted molar refractivity (Wildman–Crippen MR) is 78.2 cm³/mol. The molecule has 0 aliphatic heterocycles. The number of nitrogens with one attached hydrogen (secondary N) is 1. The van der Waals surface area contributed by atoms with E-state index < -0.39 is 11.8 Å². The van der Waals surface area contributed by atoms with Crippen LogP contribution >= 0.6 is 0 Å². The van der Waals surface area contributed by atoms with Crippen LogP contribution in [0.4, 0.5) is 4.39 Å². The maximum absolute atomic E-state index is 13.7. The van der Waals surface area contributed by atoms with Crippen molar-refractivity contribution in [2.24, 2.45) is 0 Å². The van der Waals surface area contributed by atoms with E-state index in [4.69, 9.17) is 0 Å². The number of halogens is 1. The fraction of sp³-hybridized carbons (Fsp3) is 0.562. The number of carbonyl (C=O) groups excluding carboxylic acids is 1. The summed E-state index contributed by atoms with van der Waals surface area (Å²) in [5.41, 5.74) is 0.810. The van der Waals surface area contributed by atoms with E-state index in [9.17, 15) is 9.18 Å². The molecule has 20 heavy (non-hydrogen) atoms. The van der Waals surface area contributed by atoms with Gasteiger partial charge in [-0.2, -0.15) is 0 Å². The molecule has 0 aromatic heterocycles. The average molecular weight is 281 g/mol. The van der Waals surface area contributed by atoms with Crippen LogP contribution in [-0.2, 0) is 11.3 Å². The lowest BCUT2D eigenvalue weighted by Gasteiger charge is -2.14. The molecule has 0 heterocycles. The largest absolute Gasteiger partial charge is 0.465 e. The molecule has 0 aliphatic rings. The Labute approximate surface area is 120 Å². The zero-order chi connectivity index (χ0) is 15.0. The molecule has 1 unspecified atom stereocenters. The fourth-order valence-corrected chi connectivity index (χ4v) is 2.04. The normalized spacial score (nSPS) is 12.2. The highest BCUT2D eigenvalue weighted by atomic mass is 19.1. The van der Waals surface area contributed by atoms with Gasteiger partial charge in [0.15, 0.2) is 0 Å². The monoisotopic (exact) mass is 281 g/mol. The van der Waals surface area contributed by atoms with Gasteiger partial charge in [0.2, 0.25) is 0 Å². The van der Waals surface area contributed by atoms with Crippen LogP contribution in [0.3, 0.4) is 0 Å². The van der Waals surface area contributed by atoms with Crippen molar-refractivity contribution in [3.8, 4) is 0 Å². The molecule has 3 nitrogen and oxygen atoms in total. The molecule has 1 rings (SSSR count). The molecule has 4 heteroatoms. The Balaban J connectivity index is 2.49. The van der Waals surface area contributed by atoms with Gasteiger partial charge in [0.1, 0.15) is 5.82 Å². The van der Waals surface area contributed by atoms with Crippen LogP contribution in [0.1, 0.15) is 55.5 Å². The molecule has 0 spiro atoms. The van der Waals surface area contributed by atoms with Gasteiger partial charge in [-0.05, 0) is 31.0 Å². The van der Waals surface area contributed by atoms with Crippen LogP contribution in [0.15, 0.2) is 18.2 Å². The summed E-state index contributed by atoms with van der Waals surface area (Å²) in [4.78, 5) is 11.3. The first-order valence-electron chi connectivity index (χ1n) is 7.18. The van der Waals surface area contributed by atoms with Gasteiger partial charge in [-0.1, -0.05) is 32.3 Å². The minimum atomic E-state index is -0.644. The van der Waals surface area contributed by atoms with Crippen LogP contribution < -0.4 is 5.32 Å². The molecule has 112 valence electrons. The maximum atomic E-state index is 13.7. The summed E-state index contributed by atoms with van der Waals surface area (Å²) in [7, 11) is 1.25. The number of unbranched alkanes of at least 4 members (excludes halogenated alkanes) is 2. The van der Waals surface area contributed by atoms with E-state index >= 15 is 0 Å². The SMILES string of the molecule is CCCCCC(C)NCc1ccc(C(=O)OC)c(F)c1. The number of hydrogen-bond acceptors (Lipinski definition) is 3. The first-order valence-corrected chi connectivity index (χ1v) is 7.18. The number of rotatable bonds is 8. The lowest BCUT2D eigenvalue weighted by molar-refractivity contribution is 0.0595. The van der Waals surface area contributed by atoms with Crippen molar-refractivity contribution in [3.63, 3.8) is 0 Å². The Morgan fingerprint density at radius 3 is 2.75 bits per heavy atom. The second kappa shape index (κ2) is 8.69. The minimum absolute atomic E-state index is 0.0211. The third-order valence-electron chi connectivity index (χ3n) is 3.33. The Morgan fingerprint density at radius 1 is 1.40 bits per heavy atom. The average Bonchev–Trinajstić information content (AvgIpc) is 2.44. The number of esters is 1. The van der Waals surface area contributed by atoms with Crippen LogP contribution in [0.25, 0.3) is 0 Å². The molecule has 0 saturated carbocycles. The van der Waals surface area contributed by atoms with E-state index in [1.807, 2.05) is 0 Å². The second-order valence-electron chi connectivity index (χ2n) is 5.08. The summed E-state index contributed by atoms with van der Waals surface area (Å²) in [6, 6.07) is 5.02. The summed E-state index contributed by atoms with van der Waals surface area (Å²) in [6.07, 6.45) is 4.79. The third kappa shape index (κ3) is 5.29. The third-order valence-corrected chi connectivity index (χ3v) is 3.33. The number of carbonyl (C=O) groups is 1. The first kappa shape index (κ1) is 16.6. The summed E-state index contributed by atoms with van der Waals surface area (Å²) in [5, 5.41) is 3.36. The van der Waals surface area contributed by atoms with E-state index in [1.54, 1.807) is 6.07 Å². The first-order chi connectivity index (χ1) is 9.58. The van der Waals surface area contributed by atoms with E-state index in [0.717, 1.165) is 12.0 Å². The van der Waals surface area contributed by atoms with Gasteiger partial charge in [-0.15, -0.1) is 0 Å². The fourth-order valence-electron chi connectivity index (χ4n) is 2.04.